The monoisotopic (exact) mass is 343 g/mol. The highest BCUT2D eigenvalue weighted by atomic mass is 19.4. The second-order valence-electron chi connectivity index (χ2n) is 6.49. The number of aliphatic hydroxyl groups excluding tert-OH is 1. The van der Waals surface area contributed by atoms with Gasteiger partial charge >= 0.3 is 6.18 Å². The first-order chi connectivity index (χ1) is 11.3. The van der Waals surface area contributed by atoms with Gasteiger partial charge in [0.15, 0.2) is 0 Å². The van der Waals surface area contributed by atoms with Gasteiger partial charge in [0.1, 0.15) is 0 Å². The zero-order chi connectivity index (χ0) is 17.7. The van der Waals surface area contributed by atoms with Crippen molar-refractivity contribution in [3.05, 3.63) is 35.4 Å². The summed E-state index contributed by atoms with van der Waals surface area (Å²) in [6.45, 7) is 1.97. The highest BCUT2D eigenvalue weighted by Crippen LogP contribution is 2.32. The third kappa shape index (κ3) is 4.72. The maximum Gasteiger partial charge on any atom is 0.416 e. The van der Waals surface area contributed by atoms with Crippen LogP contribution in [-0.2, 0) is 11.0 Å². The number of hydrogen-bond donors (Lipinski definition) is 2. The summed E-state index contributed by atoms with van der Waals surface area (Å²) >= 11 is 0. The van der Waals surface area contributed by atoms with E-state index in [1.54, 1.807) is 13.0 Å². The topological polar surface area (TPSA) is 49.3 Å². The number of nitrogens with one attached hydrogen (secondary N) is 1. The van der Waals surface area contributed by atoms with Crippen LogP contribution in [0.25, 0.3) is 0 Å². The Labute approximate surface area is 140 Å². The van der Waals surface area contributed by atoms with Crippen LogP contribution in [0.4, 0.5) is 13.2 Å². The van der Waals surface area contributed by atoms with E-state index in [4.69, 9.17) is 5.11 Å². The van der Waals surface area contributed by atoms with Gasteiger partial charge in [0.05, 0.1) is 11.5 Å². The zero-order valence-electron chi connectivity index (χ0n) is 13.8. The summed E-state index contributed by atoms with van der Waals surface area (Å²) in [6, 6.07) is 5.05. The Hall–Kier alpha value is -1.56. The molecule has 1 aromatic rings. The van der Waals surface area contributed by atoms with Crippen molar-refractivity contribution < 1.29 is 23.1 Å². The molecule has 1 aromatic carbocycles. The first-order valence-corrected chi connectivity index (χ1v) is 8.43. The van der Waals surface area contributed by atoms with Crippen molar-refractivity contribution in [2.24, 2.45) is 5.92 Å². The van der Waals surface area contributed by atoms with Crippen LogP contribution < -0.4 is 5.32 Å². The summed E-state index contributed by atoms with van der Waals surface area (Å²) < 4.78 is 38.6. The molecular weight excluding hydrogens is 319 g/mol. The van der Waals surface area contributed by atoms with Gasteiger partial charge in [-0.1, -0.05) is 25.1 Å². The molecule has 1 amide bonds. The number of carbonyl (C=O) groups is 1. The molecule has 0 saturated heterocycles. The lowest BCUT2D eigenvalue weighted by atomic mass is 9.86. The predicted octanol–water partition coefficient (Wildman–Crippen LogP) is 3.87. The maximum absolute atomic E-state index is 12.9. The molecule has 0 spiro atoms. The van der Waals surface area contributed by atoms with Crippen molar-refractivity contribution in [2.45, 2.75) is 57.2 Å². The van der Waals surface area contributed by atoms with Gasteiger partial charge in [-0.05, 0) is 49.7 Å². The third-order valence-corrected chi connectivity index (χ3v) is 4.79. The summed E-state index contributed by atoms with van der Waals surface area (Å²) in [5, 5.41) is 12.1. The summed E-state index contributed by atoms with van der Waals surface area (Å²) in [5.74, 6) is -0.504. The van der Waals surface area contributed by atoms with Crippen LogP contribution in [0.1, 0.15) is 56.1 Å². The maximum atomic E-state index is 12.9. The van der Waals surface area contributed by atoms with E-state index in [0.29, 0.717) is 17.9 Å². The Morgan fingerprint density at radius 3 is 2.50 bits per heavy atom. The van der Waals surface area contributed by atoms with E-state index in [0.717, 1.165) is 37.8 Å². The molecule has 3 nitrogen and oxygen atoms in total. The number of alkyl halides is 3. The van der Waals surface area contributed by atoms with Crippen molar-refractivity contribution in [3.63, 3.8) is 0 Å². The SMILES string of the molecule is CCC(C(=O)NC1CCC(CO)CC1)c1cccc(C(F)(F)F)c1. The Morgan fingerprint density at radius 2 is 1.96 bits per heavy atom. The normalized spacial score (nSPS) is 22.9. The minimum absolute atomic E-state index is 0.0418. The van der Waals surface area contributed by atoms with Gasteiger partial charge < -0.3 is 10.4 Å². The smallest absolute Gasteiger partial charge is 0.396 e. The highest BCUT2D eigenvalue weighted by Gasteiger charge is 2.32. The average Bonchev–Trinajstić information content (AvgIpc) is 2.56. The number of hydrogen-bond acceptors (Lipinski definition) is 2. The molecule has 0 heterocycles. The first-order valence-electron chi connectivity index (χ1n) is 8.43. The fraction of sp³-hybridized carbons (Fsp3) is 0.611. The molecule has 6 heteroatoms. The third-order valence-electron chi connectivity index (χ3n) is 4.79. The zero-order valence-corrected chi connectivity index (χ0v) is 13.8. The van der Waals surface area contributed by atoms with E-state index in [1.165, 1.54) is 6.07 Å². The number of amides is 1. The summed E-state index contributed by atoms with van der Waals surface area (Å²) in [4.78, 5) is 12.5. The Kier molecular flexibility index (Phi) is 6.27. The van der Waals surface area contributed by atoms with Crippen molar-refractivity contribution in [1.82, 2.24) is 5.32 Å². The minimum atomic E-state index is -4.41. The van der Waals surface area contributed by atoms with Crippen LogP contribution in [0.2, 0.25) is 0 Å². The van der Waals surface area contributed by atoms with Gasteiger partial charge in [-0.15, -0.1) is 0 Å². The number of carbonyl (C=O) groups excluding carboxylic acids is 1. The quantitative estimate of drug-likeness (QED) is 0.853. The molecule has 1 saturated carbocycles. The Morgan fingerprint density at radius 1 is 1.29 bits per heavy atom. The fourth-order valence-electron chi connectivity index (χ4n) is 3.30. The van der Waals surface area contributed by atoms with Gasteiger partial charge in [-0.2, -0.15) is 13.2 Å². The molecule has 0 aromatic heterocycles. The van der Waals surface area contributed by atoms with E-state index in [-0.39, 0.29) is 18.6 Å². The Bertz CT molecular complexity index is 551. The van der Waals surface area contributed by atoms with Crippen LogP contribution in [0, 0.1) is 5.92 Å². The molecule has 1 atom stereocenters. The fourth-order valence-corrected chi connectivity index (χ4v) is 3.30. The molecule has 1 fully saturated rings. The molecule has 24 heavy (non-hydrogen) atoms. The second kappa shape index (κ2) is 8.01. The molecule has 1 aliphatic rings. The van der Waals surface area contributed by atoms with Crippen molar-refractivity contribution in [2.75, 3.05) is 6.61 Å². The lowest BCUT2D eigenvalue weighted by Gasteiger charge is -2.29. The minimum Gasteiger partial charge on any atom is -0.396 e. The average molecular weight is 343 g/mol. The van der Waals surface area contributed by atoms with Crippen molar-refractivity contribution in [3.8, 4) is 0 Å². The molecule has 2 rings (SSSR count). The van der Waals surface area contributed by atoms with E-state index in [2.05, 4.69) is 5.32 Å². The highest BCUT2D eigenvalue weighted by molar-refractivity contribution is 5.83. The molecule has 0 aliphatic heterocycles. The number of rotatable bonds is 5. The van der Waals surface area contributed by atoms with Crippen LogP contribution in [0.5, 0.6) is 0 Å². The molecule has 134 valence electrons. The van der Waals surface area contributed by atoms with Crippen LogP contribution in [-0.4, -0.2) is 23.7 Å². The molecular formula is C18H24F3NO2. The Balaban J connectivity index is 2.04. The van der Waals surface area contributed by atoms with E-state index < -0.39 is 17.7 Å². The lowest BCUT2D eigenvalue weighted by molar-refractivity contribution is -0.137. The number of halogens is 3. The van der Waals surface area contributed by atoms with E-state index in [9.17, 15) is 18.0 Å². The van der Waals surface area contributed by atoms with Gasteiger partial charge in [-0.3, -0.25) is 4.79 Å². The molecule has 1 unspecified atom stereocenters. The molecule has 1 aliphatic carbocycles. The van der Waals surface area contributed by atoms with E-state index in [1.807, 2.05) is 0 Å². The summed E-state index contributed by atoms with van der Waals surface area (Å²) in [7, 11) is 0. The van der Waals surface area contributed by atoms with Crippen molar-refractivity contribution >= 4 is 5.91 Å². The standard InChI is InChI=1S/C18H24F3NO2/c1-2-16(13-4-3-5-14(10-13)18(19,20)21)17(24)22-15-8-6-12(11-23)7-9-15/h3-5,10,12,15-16,23H,2,6-9,11H2,1H3,(H,22,24). The number of aliphatic hydroxyl groups is 1. The second-order valence-corrected chi connectivity index (χ2v) is 6.49. The first kappa shape index (κ1) is 18.8. The molecule has 0 bridgehead atoms. The lowest BCUT2D eigenvalue weighted by Crippen LogP contribution is -2.40. The summed E-state index contributed by atoms with van der Waals surface area (Å²) in [5.41, 5.74) is -0.330. The van der Waals surface area contributed by atoms with Crippen molar-refractivity contribution in [1.29, 1.82) is 0 Å². The van der Waals surface area contributed by atoms with Gasteiger partial charge in [-0.25, -0.2) is 0 Å². The molecule has 2 N–H and O–H groups in total. The largest absolute Gasteiger partial charge is 0.416 e. The number of benzene rings is 1. The van der Waals surface area contributed by atoms with E-state index >= 15 is 0 Å². The van der Waals surface area contributed by atoms with Gasteiger partial charge in [0, 0.05) is 12.6 Å². The van der Waals surface area contributed by atoms with Crippen LogP contribution in [0.3, 0.4) is 0 Å². The van der Waals surface area contributed by atoms with Crippen LogP contribution in [0.15, 0.2) is 24.3 Å². The van der Waals surface area contributed by atoms with Gasteiger partial charge in [0.25, 0.3) is 0 Å². The van der Waals surface area contributed by atoms with Gasteiger partial charge in [0.2, 0.25) is 5.91 Å². The summed E-state index contributed by atoms with van der Waals surface area (Å²) in [6.07, 6.45) is -0.637. The predicted molar refractivity (Wildman–Crippen MR) is 85.5 cm³/mol. The van der Waals surface area contributed by atoms with Crippen LogP contribution >= 0.6 is 0 Å². The molecule has 0 radical (unpaired) electrons.